The lowest BCUT2D eigenvalue weighted by molar-refractivity contribution is 1.41. The summed E-state index contributed by atoms with van der Waals surface area (Å²) in [5, 5.41) is 0. The van der Waals surface area contributed by atoms with Crippen molar-refractivity contribution in [2.75, 3.05) is 0 Å². The molecule has 0 atom stereocenters. The maximum atomic E-state index is 3.80. The van der Waals surface area contributed by atoms with E-state index in [4.69, 9.17) is 0 Å². The van der Waals surface area contributed by atoms with E-state index in [-0.39, 0.29) is 0 Å². The zero-order chi connectivity index (χ0) is 16.9. The Kier molecular flexibility index (Phi) is 4.77. The molecular formula is C24H22. The van der Waals surface area contributed by atoms with E-state index in [1.807, 2.05) is 12.1 Å². The normalized spacial score (nSPS) is 11.3. The van der Waals surface area contributed by atoms with Crippen LogP contribution in [-0.4, -0.2) is 0 Å². The first-order valence-corrected chi connectivity index (χ1v) is 8.25. The van der Waals surface area contributed by atoms with Gasteiger partial charge in [0.25, 0.3) is 0 Å². The average Bonchev–Trinajstić information content (AvgIpc) is 2.63. The van der Waals surface area contributed by atoms with Crippen molar-refractivity contribution in [2.24, 2.45) is 0 Å². The lowest BCUT2D eigenvalue weighted by Gasteiger charge is -2.10. The van der Waals surface area contributed by atoms with E-state index < -0.39 is 0 Å². The molecule has 0 aliphatic rings. The maximum Gasteiger partial charge on any atom is -0.0178 e. The molecule has 0 radical (unpaired) electrons. The van der Waals surface area contributed by atoms with E-state index in [0.29, 0.717) is 0 Å². The van der Waals surface area contributed by atoms with Crippen LogP contribution in [0.3, 0.4) is 0 Å². The lowest BCUT2D eigenvalue weighted by Crippen LogP contribution is -1.88. The van der Waals surface area contributed by atoms with Crippen LogP contribution >= 0.6 is 0 Å². The summed E-state index contributed by atoms with van der Waals surface area (Å²) in [7, 11) is 0. The SMILES string of the molecule is C=C/C=C(\C)c1cc(-c2ccc(-c3ccccc3)cc2)ccc1C. The largest absolute Gasteiger partial charge is 0.0991 e. The highest BCUT2D eigenvalue weighted by Gasteiger charge is 2.05. The van der Waals surface area contributed by atoms with E-state index in [9.17, 15) is 0 Å². The van der Waals surface area contributed by atoms with Gasteiger partial charge in [0, 0.05) is 0 Å². The summed E-state index contributed by atoms with van der Waals surface area (Å²) in [6.07, 6.45) is 3.90. The van der Waals surface area contributed by atoms with Crippen molar-refractivity contribution in [3.63, 3.8) is 0 Å². The first kappa shape index (κ1) is 16.0. The summed E-state index contributed by atoms with van der Waals surface area (Å²) < 4.78 is 0. The second-order valence-electron chi connectivity index (χ2n) is 6.06. The molecule has 0 unspecified atom stereocenters. The van der Waals surface area contributed by atoms with Crippen LogP contribution in [0.4, 0.5) is 0 Å². The summed E-state index contributed by atoms with van der Waals surface area (Å²) in [5.41, 5.74) is 8.78. The molecule has 0 saturated heterocycles. The Morgan fingerprint density at radius 3 is 1.92 bits per heavy atom. The predicted molar refractivity (Wildman–Crippen MR) is 106 cm³/mol. The minimum atomic E-state index is 1.24. The van der Waals surface area contributed by atoms with Crippen molar-refractivity contribution in [2.45, 2.75) is 13.8 Å². The van der Waals surface area contributed by atoms with Gasteiger partial charge in [-0.25, -0.2) is 0 Å². The summed E-state index contributed by atoms with van der Waals surface area (Å²) in [4.78, 5) is 0. The molecule has 0 amide bonds. The zero-order valence-electron chi connectivity index (χ0n) is 14.3. The summed E-state index contributed by atoms with van der Waals surface area (Å²) in [5.74, 6) is 0. The van der Waals surface area contributed by atoms with E-state index in [0.717, 1.165) is 0 Å². The van der Waals surface area contributed by atoms with Crippen LogP contribution in [0, 0.1) is 6.92 Å². The number of allylic oxidation sites excluding steroid dienone is 3. The lowest BCUT2D eigenvalue weighted by atomic mass is 9.94. The van der Waals surface area contributed by atoms with Crippen LogP contribution in [0.15, 0.2) is 91.5 Å². The molecule has 0 N–H and O–H groups in total. The second kappa shape index (κ2) is 7.14. The molecular weight excluding hydrogens is 288 g/mol. The van der Waals surface area contributed by atoms with Gasteiger partial charge in [-0.2, -0.15) is 0 Å². The highest BCUT2D eigenvalue weighted by Crippen LogP contribution is 2.28. The van der Waals surface area contributed by atoms with Crippen molar-refractivity contribution in [1.82, 2.24) is 0 Å². The Bertz CT molecular complexity index is 866. The van der Waals surface area contributed by atoms with Gasteiger partial charge in [-0.05, 0) is 58.9 Å². The Hall–Kier alpha value is -2.86. The smallest absolute Gasteiger partial charge is 0.0178 e. The van der Waals surface area contributed by atoms with Gasteiger partial charge in [0.2, 0.25) is 0 Å². The van der Waals surface area contributed by atoms with Crippen molar-refractivity contribution in [3.8, 4) is 22.3 Å². The third-order valence-corrected chi connectivity index (χ3v) is 4.36. The van der Waals surface area contributed by atoms with Crippen LogP contribution < -0.4 is 0 Å². The van der Waals surface area contributed by atoms with Gasteiger partial charge in [-0.15, -0.1) is 0 Å². The predicted octanol–water partition coefficient (Wildman–Crippen LogP) is 6.92. The van der Waals surface area contributed by atoms with E-state index >= 15 is 0 Å². The fourth-order valence-electron chi connectivity index (χ4n) is 2.98. The van der Waals surface area contributed by atoms with Gasteiger partial charge in [0.1, 0.15) is 0 Å². The quantitative estimate of drug-likeness (QED) is 0.459. The van der Waals surface area contributed by atoms with Crippen LogP contribution in [0.25, 0.3) is 27.8 Å². The van der Waals surface area contributed by atoms with Crippen molar-refractivity contribution in [1.29, 1.82) is 0 Å². The molecule has 24 heavy (non-hydrogen) atoms. The first-order chi connectivity index (χ1) is 11.7. The Morgan fingerprint density at radius 1 is 0.750 bits per heavy atom. The van der Waals surface area contributed by atoms with Crippen molar-refractivity contribution < 1.29 is 0 Å². The van der Waals surface area contributed by atoms with E-state index in [1.54, 1.807) is 0 Å². The van der Waals surface area contributed by atoms with Gasteiger partial charge >= 0.3 is 0 Å². The minimum Gasteiger partial charge on any atom is -0.0991 e. The molecule has 118 valence electrons. The molecule has 0 heteroatoms. The maximum absolute atomic E-state index is 3.80. The van der Waals surface area contributed by atoms with Gasteiger partial charge in [-0.1, -0.05) is 85.5 Å². The Morgan fingerprint density at radius 2 is 1.29 bits per heavy atom. The van der Waals surface area contributed by atoms with Gasteiger partial charge in [-0.3, -0.25) is 0 Å². The van der Waals surface area contributed by atoms with E-state index in [1.165, 1.54) is 39.0 Å². The summed E-state index contributed by atoms with van der Waals surface area (Å²) in [6.45, 7) is 8.08. The molecule has 0 nitrogen and oxygen atoms in total. The first-order valence-electron chi connectivity index (χ1n) is 8.25. The number of aryl methyl sites for hydroxylation is 1. The molecule has 3 rings (SSSR count). The Labute approximate surface area is 144 Å². The number of hydrogen-bond donors (Lipinski definition) is 0. The fraction of sp³-hybridized carbons (Fsp3) is 0.0833. The topological polar surface area (TPSA) is 0 Å². The molecule has 3 aromatic carbocycles. The van der Waals surface area contributed by atoms with Crippen molar-refractivity contribution in [3.05, 3.63) is 103 Å². The molecule has 0 saturated carbocycles. The second-order valence-corrected chi connectivity index (χ2v) is 6.06. The van der Waals surface area contributed by atoms with Crippen LogP contribution in [-0.2, 0) is 0 Å². The number of hydrogen-bond acceptors (Lipinski definition) is 0. The zero-order valence-corrected chi connectivity index (χ0v) is 14.3. The van der Waals surface area contributed by atoms with Crippen LogP contribution in [0.5, 0.6) is 0 Å². The third kappa shape index (κ3) is 3.38. The number of benzene rings is 3. The van der Waals surface area contributed by atoms with Crippen LogP contribution in [0.2, 0.25) is 0 Å². The van der Waals surface area contributed by atoms with Crippen LogP contribution in [0.1, 0.15) is 18.1 Å². The molecule has 0 heterocycles. The van der Waals surface area contributed by atoms with E-state index in [2.05, 4.69) is 93.2 Å². The molecule has 0 aliphatic heterocycles. The summed E-state index contributed by atoms with van der Waals surface area (Å²) >= 11 is 0. The number of rotatable bonds is 4. The molecule has 0 aliphatic carbocycles. The molecule has 0 spiro atoms. The Balaban J connectivity index is 1.96. The highest BCUT2D eigenvalue weighted by molar-refractivity contribution is 5.76. The van der Waals surface area contributed by atoms with Gasteiger partial charge < -0.3 is 0 Å². The summed E-state index contributed by atoms with van der Waals surface area (Å²) in [6, 6.07) is 25.9. The average molecular weight is 310 g/mol. The molecule has 0 fully saturated rings. The van der Waals surface area contributed by atoms with Crippen molar-refractivity contribution >= 4 is 5.57 Å². The standard InChI is InChI=1S/C24H22/c1-4-8-18(2)24-17-23(12-11-19(24)3)22-15-13-21(14-16-22)20-9-6-5-7-10-20/h4-17H,1H2,2-3H3/b18-8+. The van der Waals surface area contributed by atoms with Gasteiger partial charge in [0.15, 0.2) is 0 Å². The third-order valence-electron chi connectivity index (χ3n) is 4.36. The highest BCUT2D eigenvalue weighted by atomic mass is 14.1. The molecule has 3 aromatic rings. The van der Waals surface area contributed by atoms with Gasteiger partial charge in [0.05, 0.1) is 0 Å². The molecule has 0 bridgehead atoms. The molecule has 0 aromatic heterocycles. The minimum absolute atomic E-state index is 1.24. The fourth-order valence-corrected chi connectivity index (χ4v) is 2.98. The monoisotopic (exact) mass is 310 g/mol.